The monoisotopic (exact) mass is 636 g/mol. The second kappa shape index (κ2) is 10.4. The van der Waals surface area contributed by atoms with Gasteiger partial charge in [-0.05, 0) is 76.1 Å². The molecule has 0 saturated heterocycles. The molecule has 0 atom stereocenters. The number of rotatable bonds is 3. The van der Waals surface area contributed by atoms with Gasteiger partial charge in [-0.1, -0.05) is 115 Å². The molecule has 3 aromatic heterocycles. The Kier molecular flexibility index (Phi) is 5.63. The summed E-state index contributed by atoms with van der Waals surface area (Å²) in [7, 11) is 0. The van der Waals surface area contributed by atoms with Crippen LogP contribution in [-0.2, 0) is 0 Å². The van der Waals surface area contributed by atoms with Crippen LogP contribution >= 0.6 is 0 Å². The van der Waals surface area contributed by atoms with Gasteiger partial charge < -0.3 is 4.57 Å². The molecule has 4 heteroatoms. The van der Waals surface area contributed by atoms with Crippen molar-refractivity contribution in [2.45, 2.75) is 0 Å². The number of fused-ring (bicyclic) bond motifs is 9. The van der Waals surface area contributed by atoms with Crippen LogP contribution in [0, 0.1) is 0 Å². The number of nitrogens with zero attached hydrogens (tertiary/aromatic N) is 4. The van der Waals surface area contributed by atoms with Crippen LogP contribution in [0.4, 0.5) is 0 Å². The predicted molar refractivity (Wildman–Crippen MR) is 209 cm³/mol. The van der Waals surface area contributed by atoms with E-state index in [1.54, 1.807) is 0 Å². The third-order valence-electron chi connectivity index (χ3n) is 10.3. The minimum atomic E-state index is 0.666. The van der Waals surface area contributed by atoms with Gasteiger partial charge in [-0.25, -0.2) is 9.97 Å². The van der Waals surface area contributed by atoms with Crippen LogP contribution in [0.5, 0.6) is 0 Å². The fourth-order valence-corrected chi connectivity index (χ4v) is 7.97. The Hall–Kier alpha value is -6.78. The van der Waals surface area contributed by atoms with E-state index in [0.29, 0.717) is 5.95 Å². The van der Waals surface area contributed by atoms with Gasteiger partial charge in [0.1, 0.15) is 0 Å². The van der Waals surface area contributed by atoms with E-state index in [9.17, 15) is 0 Å². The molecule has 3 heterocycles. The zero-order valence-corrected chi connectivity index (χ0v) is 27.0. The Morgan fingerprint density at radius 2 is 0.920 bits per heavy atom. The van der Waals surface area contributed by atoms with Gasteiger partial charge in [-0.2, -0.15) is 0 Å². The molecule has 4 nitrogen and oxygen atoms in total. The summed E-state index contributed by atoms with van der Waals surface area (Å²) in [6.07, 6.45) is 0. The summed E-state index contributed by atoms with van der Waals surface area (Å²) in [5.74, 6) is 0.666. The summed E-state index contributed by atoms with van der Waals surface area (Å²) >= 11 is 0. The minimum absolute atomic E-state index is 0.666. The summed E-state index contributed by atoms with van der Waals surface area (Å²) in [4.78, 5) is 10.6. The smallest absolute Gasteiger partial charge is 0.235 e. The second-order valence-electron chi connectivity index (χ2n) is 13.1. The molecule has 11 aromatic rings. The van der Waals surface area contributed by atoms with Crippen molar-refractivity contribution < 1.29 is 0 Å². The number of hydrogen-bond acceptors (Lipinski definition) is 2. The molecule has 8 aromatic carbocycles. The Morgan fingerprint density at radius 1 is 0.340 bits per heavy atom. The molecule has 232 valence electrons. The maximum Gasteiger partial charge on any atom is 0.235 e. The van der Waals surface area contributed by atoms with Crippen LogP contribution in [0.25, 0.3) is 99.0 Å². The van der Waals surface area contributed by atoms with Crippen molar-refractivity contribution >= 4 is 76.1 Å². The maximum absolute atomic E-state index is 5.42. The van der Waals surface area contributed by atoms with E-state index < -0.39 is 0 Å². The number of para-hydroxylation sites is 3. The molecular weight excluding hydrogens is 609 g/mol. The molecule has 0 aliphatic heterocycles. The normalized spacial score (nSPS) is 12.0. The van der Waals surface area contributed by atoms with Crippen LogP contribution in [0.3, 0.4) is 0 Å². The SMILES string of the molecule is c1ccc2cc(-n3c4ccccc4c4cc(-c5nc(-n6c7ccccc7c7cc8ccccc8cc76)nc6ccccc56)ccc43)ccc2c1. The van der Waals surface area contributed by atoms with Gasteiger partial charge in [0.15, 0.2) is 0 Å². The number of benzene rings is 8. The maximum atomic E-state index is 5.42. The zero-order valence-electron chi connectivity index (χ0n) is 27.0. The molecule has 0 unspecified atom stereocenters. The summed E-state index contributed by atoms with van der Waals surface area (Å²) in [6, 6.07) is 60.8. The van der Waals surface area contributed by atoms with Crippen LogP contribution in [0.2, 0.25) is 0 Å². The van der Waals surface area contributed by atoms with E-state index in [1.807, 2.05) is 0 Å². The Labute approximate surface area is 287 Å². The van der Waals surface area contributed by atoms with Crippen molar-refractivity contribution in [1.82, 2.24) is 19.1 Å². The lowest BCUT2D eigenvalue weighted by atomic mass is 10.0. The molecule has 0 N–H and O–H groups in total. The molecule has 0 bridgehead atoms. The average molecular weight is 637 g/mol. The van der Waals surface area contributed by atoms with Gasteiger partial charge in [-0.15, -0.1) is 0 Å². The van der Waals surface area contributed by atoms with Crippen LogP contribution in [0.15, 0.2) is 170 Å². The van der Waals surface area contributed by atoms with E-state index in [2.05, 4.69) is 179 Å². The molecule has 50 heavy (non-hydrogen) atoms. The van der Waals surface area contributed by atoms with E-state index in [0.717, 1.165) is 44.4 Å². The highest BCUT2D eigenvalue weighted by Crippen LogP contribution is 2.38. The fraction of sp³-hybridized carbons (Fsp3) is 0. The van der Waals surface area contributed by atoms with Crippen molar-refractivity contribution in [1.29, 1.82) is 0 Å². The van der Waals surface area contributed by atoms with Gasteiger partial charge in [-0.3, -0.25) is 4.57 Å². The Balaban J connectivity index is 1.17. The summed E-state index contributed by atoms with van der Waals surface area (Å²) in [6.45, 7) is 0. The van der Waals surface area contributed by atoms with Crippen molar-refractivity contribution in [3.8, 4) is 22.9 Å². The quantitative estimate of drug-likeness (QED) is 0.193. The lowest BCUT2D eigenvalue weighted by molar-refractivity contribution is 1.01. The summed E-state index contributed by atoms with van der Waals surface area (Å²) < 4.78 is 4.62. The number of hydrogen-bond donors (Lipinski definition) is 0. The highest BCUT2D eigenvalue weighted by Gasteiger charge is 2.19. The lowest BCUT2D eigenvalue weighted by Crippen LogP contribution is -2.03. The molecule has 0 aliphatic carbocycles. The van der Waals surface area contributed by atoms with Gasteiger partial charge in [0.2, 0.25) is 5.95 Å². The van der Waals surface area contributed by atoms with Crippen LogP contribution in [0.1, 0.15) is 0 Å². The first-order chi connectivity index (χ1) is 24.8. The molecule has 0 aliphatic rings. The van der Waals surface area contributed by atoms with E-state index >= 15 is 0 Å². The van der Waals surface area contributed by atoms with Gasteiger partial charge in [0, 0.05) is 38.2 Å². The standard InChI is InChI=1S/C46H28N4/c1-2-12-30-25-34(23-21-29(30)11-1)49-41-19-9-6-15-35(41)38-27-33(22-24-43(38)49)45-37-17-5-8-18-40(37)47-46(48-45)50-42-20-10-7-16-36(42)39-26-31-13-3-4-14-32(31)28-44(39)50/h1-28H. The Morgan fingerprint density at radius 3 is 1.70 bits per heavy atom. The third kappa shape index (κ3) is 3.93. The first-order valence-corrected chi connectivity index (χ1v) is 17.0. The Bertz CT molecular complexity index is 3160. The lowest BCUT2D eigenvalue weighted by Gasteiger charge is -2.13. The highest BCUT2D eigenvalue weighted by molar-refractivity contribution is 6.14. The van der Waals surface area contributed by atoms with Gasteiger partial charge in [0.25, 0.3) is 0 Å². The molecule has 0 spiro atoms. The predicted octanol–water partition coefficient (Wildman–Crippen LogP) is 11.8. The first-order valence-electron chi connectivity index (χ1n) is 17.0. The highest BCUT2D eigenvalue weighted by atomic mass is 15.2. The summed E-state index contributed by atoms with van der Waals surface area (Å²) in [5, 5.41) is 10.7. The first kappa shape index (κ1) is 27.2. The largest absolute Gasteiger partial charge is 0.309 e. The molecule has 0 amide bonds. The van der Waals surface area contributed by atoms with E-state index in [1.165, 1.54) is 48.6 Å². The van der Waals surface area contributed by atoms with Crippen molar-refractivity contribution in [3.63, 3.8) is 0 Å². The zero-order chi connectivity index (χ0) is 32.8. The molecule has 11 rings (SSSR count). The van der Waals surface area contributed by atoms with Gasteiger partial charge >= 0.3 is 0 Å². The summed E-state index contributed by atoms with van der Waals surface area (Å²) in [5.41, 5.74) is 8.58. The average Bonchev–Trinajstić information content (AvgIpc) is 3.68. The van der Waals surface area contributed by atoms with E-state index in [-0.39, 0.29) is 0 Å². The van der Waals surface area contributed by atoms with Crippen molar-refractivity contribution in [2.75, 3.05) is 0 Å². The topological polar surface area (TPSA) is 35.6 Å². The van der Waals surface area contributed by atoms with Gasteiger partial charge in [0.05, 0.1) is 33.3 Å². The third-order valence-corrected chi connectivity index (χ3v) is 10.3. The molecule has 0 radical (unpaired) electrons. The van der Waals surface area contributed by atoms with E-state index in [4.69, 9.17) is 9.97 Å². The van der Waals surface area contributed by atoms with Crippen molar-refractivity contribution in [3.05, 3.63) is 170 Å². The van der Waals surface area contributed by atoms with Crippen molar-refractivity contribution in [2.24, 2.45) is 0 Å². The minimum Gasteiger partial charge on any atom is -0.309 e. The second-order valence-corrected chi connectivity index (χ2v) is 13.1. The fourth-order valence-electron chi connectivity index (χ4n) is 7.97. The number of aromatic nitrogens is 4. The molecular formula is C46H28N4. The van der Waals surface area contributed by atoms with Crippen LogP contribution < -0.4 is 0 Å². The molecule has 0 fully saturated rings. The molecule has 0 saturated carbocycles. The van der Waals surface area contributed by atoms with Crippen LogP contribution in [-0.4, -0.2) is 19.1 Å².